The van der Waals surface area contributed by atoms with Crippen LogP contribution in [0.25, 0.3) is 10.9 Å². The molecule has 6 nitrogen and oxygen atoms in total. The quantitative estimate of drug-likeness (QED) is 0.385. The second-order valence-electron chi connectivity index (χ2n) is 9.41. The zero-order chi connectivity index (χ0) is 25.7. The monoisotopic (exact) mass is 520 g/mol. The van der Waals surface area contributed by atoms with Crippen LogP contribution >= 0.6 is 11.6 Å². The fourth-order valence-electron chi connectivity index (χ4n) is 4.86. The lowest BCUT2D eigenvalue weighted by atomic mass is 9.74. The van der Waals surface area contributed by atoms with Gasteiger partial charge < -0.3 is 19.7 Å². The van der Waals surface area contributed by atoms with Crippen molar-refractivity contribution in [1.82, 2.24) is 9.88 Å². The highest BCUT2D eigenvalue weighted by Gasteiger charge is 2.34. The van der Waals surface area contributed by atoms with Gasteiger partial charge in [0.1, 0.15) is 29.7 Å². The number of rotatable bonds is 10. The van der Waals surface area contributed by atoms with E-state index in [1.807, 2.05) is 18.2 Å². The van der Waals surface area contributed by atoms with Crippen molar-refractivity contribution in [3.05, 3.63) is 64.8 Å². The second-order valence-corrected chi connectivity index (χ2v) is 9.82. The third-order valence-electron chi connectivity index (χ3n) is 7.11. The first-order valence-electron chi connectivity index (χ1n) is 12.0. The smallest absolute Gasteiger partial charge is 0.129 e. The largest absolute Gasteiger partial charge is 0.497 e. The lowest BCUT2D eigenvalue weighted by Crippen LogP contribution is -2.43. The van der Waals surface area contributed by atoms with E-state index in [1.54, 1.807) is 13.3 Å². The van der Waals surface area contributed by atoms with Gasteiger partial charge in [0, 0.05) is 48.5 Å². The summed E-state index contributed by atoms with van der Waals surface area (Å²) in [6, 6.07) is 8.61. The number of halogens is 3. The maximum atomic E-state index is 13.3. The number of ether oxygens (including phenoxy) is 2. The zero-order valence-corrected chi connectivity index (χ0v) is 21.0. The van der Waals surface area contributed by atoms with Crippen molar-refractivity contribution in [3.8, 4) is 11.5 Å². The third kappa shape index (κ3) is 6.24. The number of hydrogen-bond acceptors (Lipinski definition) is 6. The zero-order valence-electron chi connectivity index (χ0n) is 20.2. The molecule has 1 aliphatic rings. The van der Waals surface area contributed by atoms with Crippen molar-refractivity contribution in [2.75, 3.05) is 40.0 Å². The Kier molecular flexibility index (Phi) is 8.62. The number of aliphatic hydroxyl groups is 2. The number of likely N-dealkylation sites (tertiary alicyclic amines) is 1. The van der Waals surface area contributed by atoms with Crippen LogP contribution in [0.3, 0.4) is 0 Å². The molecule has 1 aromatic heterocycles. The number of aliphatic hydroxyl groups excluding tert-OH is 2. The molecule has 0 saturated carbocycles. The van der Waals surface area contributed by atoms with Crippen LogP contribution in [0.15, 0.2) is 42.6 Å². The summed E-state index contributed by atoms with van der Waals surface area (Å²) in [6.07, 6.45) is 3.37. The van der Waals surface area contributed by atoms with Crippen molar-refractivity contribution in [3.63, 3.8) is 0 Å². The molecule has 194 valence electrons. The minimum Gasteiger partial charge on any atom is -0.497 e. The Labute approximate surface area is 214 Å². The molecular formula is C27H31ClF2N2O4. The third-order valence-corrected chi connectivity index (χ3v) is 7.42. The van der Waals surface area contributed by atoms with E-state index in [1.165, 1.54) is 0 Å². The lowest BCUT2D eigenvalue weighted by molar-refractivity contribution is 0.0205. The maximum absolute atomic E-state index is 13.3. The highest BCUT2D eigenvalue weighted by atomic mass is 35.5. The van der Waals surface area contributed by atoms with Crippen molar-refractivity contribution in [2.24, 2.45) is 5.41 Å². The van der Waals surface area contributed by atoms with Gasteiger partial charge in [-0.3, -0.25) is 9.88 Å². The van der Waals surface area contributed by atoms with Gasteiger partial charge in [-0.15, -0.1) is 0 Å². The molecule has 0 spiro atoms. The predicted molar refractivity (Wildman–Crippen MR) is 135 cm³/mol. The molecule has 1 saturated heterocycles. The van der Waals surface area contributed by atoms with Gasteiger partial charge in [-0.1, -0.05) is 11.6 Å². The second kappa shape index (κ2) is 11.7. The molecule has 2 N–H and O–H groups in total. The minimum atomic E-state index is -0.809. The van der Waals surface area contributed by atoms with Crippen LogP contribution in [-0.2, 0) is 0 Å². The Balaban J connectivity index is 1.33. The number of piperidine rings is 1. The standard InChI is InChI=1S/C27H31ClF2N2O4/c1-35-20-2-3-24-22(15-20)26(23(28)16-31-24)25(34)4-5-27(17-33)6-8-32(9-7-27)10-11-36-21-13-18(29)12-19(30)14-21/h2-3,12-16,25,33-34H,4-11,17H2,1H3/t25-/m0/s1. The SMILES string of the molecule is COc1ccc2ncc(Cl)c([C@@H](O)CCC3(CO)CCN(CCOc4cc(F)cc(F)c4)CC3)c2c1. The van der Waals surface area contributed by atoms with Gasteiger partial charge in [0.05, 0.1) is 23.8 Å². The molecule has 0 aliphatic carbocycles. The maximum Gasteiger partial charge on any atom is 0.129 e. The van der Waals surface area contributed by atoms with Crippen LogP contribution in [0.2, 0.25) is 5.02 Å². The van der Waals surface area contributed by atoms with Gasteiger partial charge in [0.25, 0.3) is 0 Å². The molecule has 2 heterocycles. The van der Waals surface area contributed by atoms with Crippen molar-refractivity contribution in [2.45, 2.75) is 31.8 Å². The molecule has 3 aromatic rings. The highest BCUT2D eigenvalue weighted by molar-refractivity contribution is 6.32. The van der Waals surface area contributed by atoms with Gasteiger partial charge in [-0.2, -0.15) is 0 Å². The Morgan fingerprint density at radius 1 is 1.11 bits per heavy atom. The number of nitrogens with zero attached hydrogens (tertiary/aromatic N) is 2. The number of pyridine rings is 1. The van der Waals surface area contributed by atoms with E-state index in [-0.39, 0.29) is 17.8 Å². The summed E-state index contributed by atoms with van der Waals surface area (Å²) in [5.74, 6) is -0.509. The van der Waals surface area contributed by atoms with Gasteiger partial charge in [-0.05, 0) is 62.4 Å². The molecule has 2 aromatic carbocycles. The van der Waals surface area contributed by atoms with Gasteiger partial charge in [-0.25, -0.2) is 8.78 Å². The van der Waals surface area contributed by atoms with E-state index in [4.69, 9.17) is 21.1 Å². The first-order chi connectivity index (χ1) is 17.3. The van der Waals surface area contributed by atoms with Crippen molar-refractivity contribution < 1.29 is 28.5 Å². The minimum absolute atomic E-state index is 0.0330. The van der Waals surface area contributed by atoms with E-state index in [0.29, 0.717) is 42.3 Å². The number of benzene rings is 2. The lowest BCUT2D eigenvalue weighted by Gasteiger charge is -2.41. The Bertz CT molecular complexity index is 1170. The molecule has 1 atom stereocenters. The van der Waals surface area contributed by atoms with Crippen LogP contribution in [0.4, 0.5) is 8.78 Å². The fraction of sp³-hybridized carbons (Fsp3) is 0.444. The summed E-state index contributed by atoms with van der Waals surface area (Å²) < 4.78 is 37.5. The van der Waals surface area contributed by atoms with Crippen LogP contribution in [-0.4, -0.2) is 60.1 Å². The molecule has 0 bridgehead atoms. The highest BCUT2D eigenvalue weighted by Crippen LogP contribution is 2.40. The van der Waals surface area contributed by atoms with Gasteiger partial charge in [0.2, 0.25) is 0 Å². The number of hydrogen-bond donors (Lipinski definition) is 2. The molecule has 4 rings (SSSR count). The Morgan fingerprint density at radius 2 is 1.83 bits per heavy atom. The van der Waals surface area contributed by atoms with E-state index < -0.39 is 17.7 Å². The normalized spacial score (nSPS) is 16.7. The molecular weight excluding hydrogens is 490 g/mol. The van der Waals surface area contributed by atoms with E-state index in [2.05, 4.69) is 9.88 Å². The average molecular weight is 521 g/mol. The van der Waals surface area contributed by atoms with Crippen LogP contribution in [0, 0.1) is 17.0 Å². The summed E-state index contributed by atoms with van der Waals surface area (Å²) in [5.41, 5.74) is 1.05. The summed E-state index contributed by atoms with van der Waals surface area (Å²) >= 11 is 6.44. The molecule has 1 fully saturated rings. The summed E-state index contributed by atoms with van der Waals surface area (Å²) in [4.78, 5) is 6.56. The molecule has 0 radical (unpaired) electrons. The van der Waals surface area contributed by atoms with Crippen molar-refractivity contribution >= 4 is 22.5 Å². The van der Waals surface area contributed by atoms with Crippen LogP contribution < -0.4 is 9.47 Å². The first kappa shape index (κ1) is 26.5. The van der Waals surface area contributed by atoms with E-state index in [0.717, 1.165) is 55.0 Å². The van der Waals surface area contributed by atoms with Gasteiger partial charge >= 0.3 is 0 Å². The van der Waals surface area contributed by atoms with Crippen LogP contribution in [0.5, 0.6) is 11.5 Å². The first-order valence-corrected chi connectivity index (χ1v) is 12.4. The number of fused-ring (bicyclic) bond motifs is 1. The molecule has 0 amide bonds. The molecule has 0 unspecified atom stereocenters. The fourth-order valence-corrected chi connectivity index (χ4v) is 5.14. The summed E-state index contributed by atoms with van der Waals surface area (Å²) in [6.45, 7) is 2.47. The number of aromatic nitrogens is 1. The van der Waals surface area contributed by atoms with Gasteiger partial charge in [0.15, 0.2) is 0 Å². The number of methoxy groups -OCH3 is 1. The Hall–Kier alpha value is -2.52. The molecule has 9 heteroatoms. The van der Waals surface area contributed by atoms with Crippen molar-refractivity contribution in [1.29, 1.82) is 0 Å². The molecule has 1 aliphatic heterocycles. The summed E-state index contributed by atoms with van der Waals surface area (Å²) in [5, 5.41) is 22.5. The van der Waals surface area contributed by atoms with E-state index in [9.17, 15) is 19.0 Å². The predicted octanol–water partition coefficient (Wildman–Crippen LogP) is 5.14. The average Bonchev–Trinajstić information content (AvgIpc) is 2.87. The van der Waals surface area contributed by atoms with Crippen LogP contribution in [0.1, 0.15) is 37.4 Å². The van der Waals surface area contributed by atoms with E-state index >= 15 is 0 Å². The topological polar surface area (TPSA) is 75.0 Å². The summed E-state index contributed by atoms with van der Waals surface area (Å²) in [7, 11) is 1.58. The molecule has 36 heavy (non-hydrogen) atoms. The Morgan fingerprint density at radius 3 is 2.50 bits per heavy atom.